The average molecular weight is 339 g/mol. The van der Waals surface area contributed by atoms with Gasteiger partial charge in [0, 0.05) is 32.0 Å². The van der Waals surface area contributed by atoms with Gasteiger partial charge < -0.3 is 20.5 Å². The molecule has 3 rings (SSSR count). The highest BCUT2D eigenvalue weighted by atomic mass is 16.5. The summed E-state index contributed by atoms with van der Waals surface area (Å²) in [6, 6.07) is 17.4. The number of ether oxygens (including phenoxy) is 2. The minimum Gasteiger partial charge on any atom is -0.457 e. The van der Waals surface area contributed by atoms with E-state index in [0.29, 0.717) is 11.4 Å². The third kappa shape index (κ3) is 5.22. The lowest BCUT2D eigenvalue weighted by Crippen LogP contribution is -2.24. The van der Waals surface area contributed by atoms with Crippen LogP contribution in [0.4, 0.5) is 5.69 Å². The first-order chi connectivity index (χ1) is 12.2. The lowest BCUT2D eigenvalue weighted by Gasteiger charge is -2.13. The van der Waals surface area contributed by atoms with E-state index >= 15 is 0 Å². The summed E-state index contributed by atoms with van der Waals surface area (Å²) in [5.41, 5.74) is 7.19. The number of nitrogens with two attached hydrogens (primary N) is 1. The monoisotopic (exact) mass is 339 g/mol. The molecule has 1 aliphatic carbocycles. The molecule has 1 saturated carbocycles. The van der Waals surface area contributed by atoms with E-state index in [2.05, 4.69) is 10.3 Å². The summed E-state index contributed by atoms with van der Waals surface area (Å²) in [4.78, 5) is 4.51. The van der Waals surface area contributed by atoms with Gasteiger partial charge in [0.1, 0.15) is 11.5 Å². The fraction of sp³-hybridized carbons (Fsp3) is 0.350. The van der Waals surface area contributed by atoms with Crippen LogP contribution in [0.2, 0.25) is 0 Å². The van der Waals surface area contributed by atoms with Gasteiger partial charge in [-0.15, -0.1) is 0 Å². The van der Waals surface area contributed by atoms with Crippen LogP contribution in [0, 0.1) is 5.41 Å². The Morgan fingerprint density at radius 3 is 2.60 bits per heavy atom. The van der Waals surface area contributed by atoms with Crippen molar-refractivity contribution in [1.29, 1.82) is 0 Å². The zero-order chi connectivity index (χ0) is 17.5. The Balaban J connectivity index is 1.57. The number of nitrogens with one attached hydrogen (secondary N) is 1. The van der Waals surface area contributed by atoms with Crippen molar-refractivity contribution in [2.45, 2.75) is 19.3 Å². The smallest absolute Gasteiger partial charge is 0.193 e. The molecule has 0 aliphatic heterocycles. The van der Waals surface area contributed by atoms with Crippen LogP contribution < -0.4 is 15.8 Å². The maximum absolute atomic E-state index is 6.04. The van der Waals surface area contributed by atoms with Gasteiger partial charge in [-0.05, 0) is 48.9 Å². The third-order valence-corrected chi connectivity index (χ3v) is 4.46. The van der Waals surface area contributed by atoms with Crippen LogP contribution in [0.3, 0.4) is 0 Å². The molecule has 5 heteroatoms. The zero-order valence-electron chi connectivity index (χ0n) is 14.6. The predicted octanol–water partition coefficient (Wildman–Crippen LogP) is 4.02. The third-order valence-electron chi connectivity index (χ3n) is 4.46. The maximum atomic E-state index is 6.04. The van der Waals surface area contributed by atoms with Gasteiger partial charge in [0.2, 0.25) is 0 Å². The highest BCUT2D eigenvalue weighted by molar-refractivity contribution is 5.92. The van der Waals surface area contributed by atoms with E-state index in [1.165, 1.54) is 12.8 Å². The maximum Gasteiger partial charge on any atom is 0.193 e. The lowest BCUT2D eigenvalue weighted by atomic mass is 10.0. The molecule has 25 heavy (non-hydrogen) atoms. The highest BCUT2D eigenvalue weighted by Gasteiger charge is 2.41. The average Bonchev–Trinajstić information content (AvgIpc) is 3.40. The topological polar surface area (TPSA) is 68.9 Å². The Bertz CT molecular complexity index is 712. The fourth-order valence-electron chi connectivity index (χ4n) is 2.68. The Morgan fingerprint density at radius 2 is 1.88 bits per heavy atom. The first-order valence-electron chi connectivity index (χ1n) is 8.58. The molecule has 0 radical (unpaired) electrons. The van der Waals surface area contributed by atoms with Gasteiger partial charge in [0.15, 0.2) is 5.96 Å². The van der Waals surface area contributed by atoms with Gasteiger partial charge in [-0.25, -0.2) is 0 Å². The van der Waals surface area contributed by atoms with Gasteiger partial charge in [0.05, 0.1) is 0 Å². The number of hydrogen-bond acceptors (Lipinski definition) is 3. The van der Waals surface area contributed by atoms with Crippen LogP contribution in [0.5, 0.6) is 11.5 Å². The van der Waals surface area contributed by atoms with E-state index in [1.54, 1.807) is 7.11 Å². The number of hydrogen-bond donors (Lipinski definition) is 2. The van der Waals surface area contributed by atoms with Crippen molar-refractivity contribution in [1.82, 2.24) is 0 Å². The van der Waals surface area contributed by atoms with E-state index in [9.17, 15) is 0 Å². The van der Waals surface area contributed by atoms with Crippen LogP contribution in [0.25, 0.3) is 0 Å². The van der Waals surface area contributed by atoms with Crippen LogP contribution in [0.15, 0.2) is 59.6 Å². The van der Waals surface area contributed by atoms with Crippen molar-refractivity contribution in [2.24, 2.45) is 16.1 Å². The second kappa shape index (κ2) is 8.03. The molecule has 0 aromatic heterocycles. The summed E-state index contributed by atoms with van der Waals surface area (Å²) in [6.45, 7) is 1.52. The SMILES string of the molecule is COCCC1(CN=C(N)Nc2cccc(Oc3ccccc3)c2)CC1. The highest BCUT2D eigenvalue weighted by Crippen LogP contribution is 2.48. The molecule has 0 amide bonds. The Kier molecular flexibility index (Phi) is 5.56. The first-order valence-corrected chi connectivity index (χ1v) is 8.58. The van der Waals surface area contributed by atoms with Crippen molar-refractivity contribution in [2.75, 3.05) is 25.6 Å². The molecule has 0 heterocycles. The number of aliphatic imine (C=N–C) groups is 1. The molecule has 0 bridgehead atoms. The van der Waals surface area contributed by atoms with Crippen molar-refractivity contribution < 1.29 is 9.47 Å². The molecule has 0 atom stereocenters. The summed E-state index contributed by atoms with van der Waals surface area (Å²) in [5, 5.41) is 3.14. The van der Waals surface area contributed by atoms with Gasteiger partial charge in [-0.1, -0.05) is 24.3 Å². The predicted molar refractivity (Wildman–Crippen MR) is 101 cm³/mol. The zero-order valence-corrected chi connectivity index (χ0v) is 14.6. The Labute approximate surface area is 148 Å². The van der Waals surface area contributed by atoms with Crippen LogP contribution >= 0.6 is 0 Å². The summed E-state index contributed by atoms with van der Waals surface area (Å²) in [5.74, 6) is 1.98. The summed E-state index contributed by atoms with van der Waals surface area (Å²) in [6.07, 6.45) is 3.45. The molecule has 132 valence electrons. The number of methoxy groups -OCH3 is 1. The second-order valence-electron chi connectivity index (χ2n) is 6.51. The van der Waals surface area contributed by atoms with E-state index < -0.39 is 0 Å². The molecule has 1 fully saturated rings. The lowest BCUT2D eigenvalue weighted by molar-refractivity contribution is 0.174. The number of para-hydroxylation sites is 1. The van der Waals surface area contributed by atoms with Gasteiger partial charge >= 0.3 is 0 Å². The minimum atomic E-state index is 0.292. The second-order valence-corrected chi connectivity index (χ2v) is 6.51. The molecular weight excluding hydrogens is 314 g/mol. The molecule has 2 aromatic rings. The van der Waals surface area contributed by atoms with Crippen LogP contribution in [-0.2, 0) is 4.74 Å². The molecule has 3 N–H and O–H groups in total. The molecule has 0 spiro atoms. The molecule has 2 aromatic carbocycles. The molecule has 5 nitrogen and oxygen atoms in total. The normalized spacial score (nSPS) is 15.6. The number of nitrogens with zero attached hydrogens (tertiary/aromatic N) is 1. The molecular formula is C20H25N3O2. The number of rotatable bonds is 8. The van der Waals surface area contributed by atoms with Crippen molar-refractivity contribution in [3.05, 3.63) is 54.6 Å². The number of anilines is 1. The van der Waals surface area contributed by atoms with E-state index in [1.807, 2.05) is 54.6 Å². The number of guanidine groups is 1. The molecule has 1 aliphatic rings. The molecule has 0 saturated heterocycles. The largest absolute Gasteiger partial charge is 0.457 e. The summed E-state index contributed by atoms with van der Waals surface area (Å²) in [7, 11) is 1.74. The Morgan fingerprint density at radius 1 is 1.12 bits per heavy atom. The minimum absolute atomic E-state index is 0.292. The van der Waals surface area contributed by atoms with E-state index in [0.717, 1.165) is 36.8 Å². The van der Waals surface area contributed by atoms with Crippen LogP contribution in [-0.4, -0.2) is 26.2 Å². The van der Waals surface area contributed by atoms with Crippen molar-refractivity contribution >= 4 is 11.6 Å². The fourth-order valence-corrected chi connectivity index (χ4v) is 2.68. The number of benzene rings is 2. The summed E-state index contributed by atoms with van der Waals surface area (Å²) >= 11 is 0. The quantitative estimate of drug-likeness (QED) is 0.563. The first kappa shape index (κ1) is 17.3. The standard InChI is InChI=1S/C20H25N3O2/c1-24-13-12-20(10-11-20)15-22-19(21)23-16-6-5-9-18(14-16)25-17-7-3-2-4-8-17/h2-9,14H,10-13,15H2,1H3,(H3,21,22,23). The van der Waals surface area contributed by atoms with Crippen LogP contribution in [0.1, 0.15) is 19.3 Å². The van der Waals surface area contributed by atoms with Crippen molar-refractivity contribution in [3.8, 4) is 11.5 Å². The van der Waals surface area contributed by atoms with E-state index in [4.69, 9.17) is 15.2 Å². The van der Waals surface area contributed by atoms with Gasteiger partial charge in [-0.2, -0.15) is 0 Å². The summed E-state index contributed by atoms with van der Waals surface area (Å²) < 4.78 is 11.0. The van der Waals surface area contributed by atoms with Gasteiger partial charge in [-0.3, -0.25) is 4.99 Å². The molecule has 0 unspecified atom stereocenters. The Hall–Kier alpha value is -2.53. The van der Waals surface area contributed by atoms with E-state index in [-0.39, 0.29) is 0 Å². The van der Waals surface area contributed by atoms with Crippen molar-refractivity contribution in [3.63, 3.8) is 0 Å². The van der Waals surface area contributed by atoms with Gasteiger partial charge in [0.25, 0.3) is 0 Å².